The number of allylic oxidation sites excluding steroid dienone is 2. The van der Waals surface area contributed by atoms with Crippen molar-refractivity contribution in [3.05, 3.63) is 12.2 Å². The lowest BCUT2D eigenvalue weighted by Crippen LogP contribution is -2.23. The van der Waals surface area contributed by atoms with Crippen molar-refractivity contribution in [3.63, 3.8) is 0 Å². The molecule has 0 aromatic heterocycles. The van der Waals surface area contributed by atoms with Crippen LogP contribution >= 0.6 is 0 Å². The van der Waals surface area contributed by atoms with Crippen LogP contribution in [0.3, 0.4) is 0 Å². The maximum absolute atomic E-state index is 11.5. The summed E-state index contributed by atoms with van der Waals surface area (Å²) in [7, 11) is 0. The van der Waals surface area contributed by atoms with Crippen molar-refractivity contribution in [1.29, 1.82) is 0 Å². The third kappa shape index (κ3) is 1.96. The van der Waals surface area contributed by atoms with E-state index < -0.39 is 0 Å². The third-order valence-electron chi connectivity index (χ3n) is 2.91. The van der Waals surface area contributed by atoms with Gasteiger partial charge in [-0.1, -0.05) is 32.8 Å². The maximum atomic E-state index is 11.5. The second-order valence-electron chi connectivity index (χ2n) is 3.57. The van der Waals surface area contributed by atoms with Gasteiger partial charge in [-0.2, -0.15) is 0 Å². The van der Waals surface area contributed by atoms with E-state index in [2.05, 4.69) is 13.8 Å². The maximum Gasteiger partial charge on any atom is 0.158 e. The van der Waals surface area contributed by atoms with Crippen molar-refractivity contribution in [1.82, 2.24) is 0 Å². The fourth-order valence-corrected chi connectivity index (χ4v) is 2.07. The van der Waals surface area contributed by atoms with Crippen molar-refractivity contribution in [3.8, 4) is 0 Å². The second-order valence-corrected chi connectivity index (χ2v) is 3.57. The fourth-order valence-electron chi connectivity index (χ4n) is 2.07. The van der Waals surface area contributed by atoms with Crippen LogP contribution < -0.4 is 0 Å². The Kier molecular flexibility index (Phi) is 3.51. The first-order valence-corrected chi connectivity index (χ1v) is 5.00. The van der Waals surface area contributed by atoms with Crippen molar-refractivity contribution in [2.75, 3.05) is 0 Å². The Morgan fingerprint density at radius 1 is 1.50 bits per heavy atom. The zero-order valence-corrected chi connectivity index (χ0v) is 8.05. The molecule has 0 bridgehead atoms. The first-order chi connectivity index (χ1) is 5.79. The molecular formula is C11H18O. The van der Waals surface area contributed by atoms with Crippen LogP contribution in [0.15, 0.2) is 12.2 Å². The minimum atomic E-state index is 0.324. The lowest BCUT2D eigenvalue weighted by Gasteiger charge is -2.24. The van der Waals surface area contributed by atoms with E-state index >= 15 is 0 Å². The summed E-state index contributed by atoms with van der Waals surface area (Å²) in [5, 5.41) is 0. The van der Waals surface area contributed by atoms with Crippen LogP contribution in [0, 0.1) is 11.8 Å². The molecule has 1 unspecified atom stereocenters. The van der Waals surface area contributed by atoms with Crippen LogP contribution in [0.25, 0.3) is 0 Å². The van der Waals surface area contributed by atoms with Crippen LogP contribution in [-0.4, -0.2) is 5.78 Å². The molecule has 0 heterocycles. The highest BCUT2D eigenvalue weighted by Gasteiger charge is 2.25. The standard InChI is InChI=1S/C11H18O/c1-3-9(4-2)10-7-5-6-8-11(10)12/h6,8-10H,3-5,7H2,1-2H3. The van der Waals surface area contributed by atoms with Gasteiger partial charge in [-0.15, -0.1) is 0 Å². The molecule has 0 saturated carbocycles. The monoisotopic (exact) mass is 166 g/mol. The minimum absolute atomic E-state index is 0.324. The van der Waals surface area contributed by atoms with Crippen molar-refractivity contribution in [2.45, 2.75) is 39.5 Å². The minimum Gasteiger partial charge on any atom is -0.295 e. The first-order valence-electron chi connectivity index (χ1n) is 5.00. The molecule has 0 radical (unpaired) electrons. The predicted molar refractivity (Wildman–Crippen MR) is 50.9 cm³/mol. The molecule has 0 aromatic rings. The van der Waals surface area contributed by atoms with Crippen molar-refractivity contribution >= 4 is 5.78 Å². The zero-order valence-electron chi connectivity index (χ0n) is 8.05. The molecule has 0 aromatic carbocycles. The van der Waals surface area contributed by atoms with Crippen molar-refractivity contribution < 1.29 is 4.79 Å². The number of carbonyl (C=O) groups excluding carboxylic acids is 1. The van der Waals surface area contributed by atoms with E-state index in [4.69, 9.17) is 0 Å². The van der Waals surface area contributed by atoms with Crippen LogP contribution in [0.1, 0.15) is 39.5 Å². The summed E-state index contributed by atoms with van der Waals surface area (Å²) in [5.74, 6) is 1.29. The van der Waals surface area contributed by atoms with Crippen LogP contribution in [0.2, 0.25) is 0 Å². The smallest absolute Gasteiger partial charge is 0.158 e. The Morgan fingerprint density at radius 2 is 2.17 bits per heavy atom. The number of hydrogen-bond acceptors (Lipinski definition) is 1. The summed E-state index contributed by atoms with van der Waals surface area (Å²) < 4.78 is 0. The molecule has 12 heavy (non-hydrogen) atoms. The van der Waals surface area contributed by atoms with Gasteiger partial charge in [0.15, 0.2) is 5.78 Å². The van der Waals surface area contributed by atoms with Crippen LogP contribution in [0.4, 0.5) is 0 Å². The number of ketones is 1. The summed E-state index contributed by atoms with van der Waals surface area (Å²) in [6.07, 6.45) is 8.21. The number of hydrogen-bond donors (Lipinski definition) is 0. The molecule has 0 N–H and O–H groups in total. The van der Waals surface area contributed by atoms with Crippen LogP contribution in [-0.2, 0) is 4.79 Å². The molecule has 1 aliphatic rings. The highest BCUT2D eigenvalue weighted by atomic mass is 16.1. The van der Waals surface area contributed by atoms with Gasteiger partial charge in [0.1, 0.15) is 0 Å². The Bertz CT molecular complexity index is 177. The Labute approximate surface area is 74.9 Å². The lowest BCUT2D eigenvalue weighted by molar-refractivity contribution is -0.120. The van der Waals surface area contributed by atoms with Gasteiger partial charge in [-0.25, -0.2) is 0 Å². The van der Waals surface area contributed by atoms with Gasteiger partial charge in [0.2, 0.25) is 0 Å². The SMILES string of the molecule is CCC(CC)C1CCC=CC1=O. The molecule has 1 atom stereocenters. The quantitative estimate of drug-likeness (QED) is 0.630. The average Bonchev–Trinajstić information content (AvgIpc) is 2.10. The van der Waals surface area contributed by atoms with Gasteiger partial charge < -0.3 is 0 Å². The highest BCUT2D eigenvalue weighted by Crippen LogP contribution is 2.27. The molecular weight excluding hydrogens is 148 g/mol. The molecule has 68 valence electrons. The molecule has 1 heteroatoms. The molecule has 0 aliphatic heterocycles. The molecule has 0 fully saturated rings. The van der Waals surface area contributed by atoms with Gasteiger partial charge >= 0.3 is 0 Å². The summed E-state index contributed by atoms with van der Waals surface area (Å²) in [5.41, 5.74) is 0. The highest BCUT2D eigenvalue weighted by molar-refractivity contribution is 5.92. The summed E-state index contributed by atoms with van der Waals surface area (Å²) in [4.78, 5) is 11.5. The molecule has 0 saturated heterocycles. The Balaban J connectivity index is 2.60. The van der Waals surface area contributed by atoms with E-state index in [9.17, 15) is 4.79 Å². The molecule has 1 rings (SSSR count). The van der Waals surface area contributed by atoms with E-state index in [1.165, 1.54) is 0 Å². The van der Waals surface area contributed by atoms with Gasteiger partial charge in [0.05, 0.1) is 0 Å². The zero-order chi connectivity index (χ0) is 8.97. The largest absolute Gasteiger partial charge is 0.295 e. The number of rotatable bonds is 3. The molecule has 0 spiro atoms. The van der Waals surface area contributed by atoms with E-state index in [0.29, 0.717) is 17.6 Å². The van der Waals surface area contributed by atoms with E-state index in [0.717, 1.165) is 25.7 Å². The van der Waals surface area contributed by atoms with Crippen molar-refractivity contribution in [2.24, 2.45) is 11.8 Å². The summed E-state index contributed by atoms with van der Waals surface area (Å²) in [6, 6.07) is 0. The summed E-state index contributed by atoms with van der Waals surface area (Å²) in [6.45, 7) is 4.36. The summed E-state index contributed by atoms with van der Waals surface area (Å²) >= 11 is 0. The lowest BCUT2D eigenvalue weighted by atomic mass is 9.79. The third-order valence-corrected chi connectivity index (χ3v) is 2.91. The normalized spacial score (nSPS) is 23.6. The van der Waals surface area contributed by atoms with Gasteiger partial charge in [-0.05, 0) is 24.8 Å². The Hall–Kier alpha value is -0.590. The molecule has 1 aliphatic carbocycles. The van der Waals surface area contributed by atoms with Gasteiger partial charge in [0.25, 0.3) is 0 Å². The second kappa shape index (κ2) is 4.44. The first kappa shape index (κ1) is 9.50. The van der Waals surface area contributed by atoms with Crippen LogP contribution in [0.5, 0.6) is 0 Å². The molecule has 0 amide bonds. The fraction of sp³-hybridized carbons (Fsp3) is 0.727. The Morgan fingerprint density at radius 3 is 2.67 bits per heavy atom. The molecule has 1 nitrogen and oxygen atoms in total. The van der Waals surface area contributed by atoms with Gasteiger partial charge in [-0.3, -0.25) is 4.79 Å². The predicted octanol–water partition coefficient (Wildman–Crippen LogP) is 2.96. The van der Waals surface area contributed by atoms with E-state index in [1.54, 1.807) is 6.08 Å². The van der Waals surface area contributed by atoms with E-state index in [-0.39, 0.29) is 0 Å². The topological polar surface area (TPSA) is 17.1 Å². The van der Waals surface area contributed by atoms with Gasteiger partial charge in [0, 0.05) is 5.92 Å². The van der Waals surface area contributed by atoms with E-state index in [1.807, 2.05) is 6.08 Å². The average molecular weight is 166 g/mol. The number of carbonyl (C=O) groups is 1.